The molecular weight excluding hydrogens is 462 g/mol. The molecule has 1 aliphatic carbocycles. The Kier molecular flexibility index (Phi) is 9.69. The predicted octanol–water partition coefficient (Wildman–Crippen LogP) is 2.14. The van der Waals surface area contributed by atoms with Crippen molar-refractivity contribution in [3.05, 3.63) is 30.4 Å². The fourth-order valence-corrected chi connectivity index (χ4v) is 4.73. The number of hydrogen-bond acceptors (Lipinski definition) is 8. The van der Waals surface area contributed by atoms with Gasteiger partial charge in [0.1, 0.15) is 5.75 Å². The van der Waals surface area contributed by atoms with Crippen LogP contribution < -0.4 is 21.3 Å². The first kappa shape index (κ1) is 27.0. The maximum absolute atomic E-state index is 12.3. The summed E-state index contributed by atoms with van der Waals surface area (Å²) in [6, 6.07) is 0. The zero-order chi connectivity index (χ0) is 26.1. The minimum absolute atomic E-state index is 0.0698. The molecule has 0 aromatic carbocycles. The number of fused-ring (bicyclic) bond motifs is 1. The lowest BCUT2D eigenvalue weighted by Gasteiger charge is -2.34. The number of amides is 2. The second-order valence-electron chi connectivity index (χ2n) is 9.06. The third-order valence-corrected chi connectivity index (χ3v) is 6.72. The Hall–Kier alpha value is -3.60. The van der Waals surface area contributed by atoms with Crippen LogP contribution >= 0.6 is 0 Å². The maximum Gasteiger partial charge on any atom is 0.225 e. The number of pyridine rings is 1. The molecule has 2 aromatic rings. The number of nitrogens with two attached hydrogens (primary N) is 2. The van der Waals surface area contributed by atoms with Crippen molar-refractivity contribution in [1.82, 2.24) is 19.8 Å². The first-order valence-corrected chi connectivity index (χ1v) is 12.4. The third kappa shape index (κ3) is 6.34. The first-order chi connectivity index (χ1) is 17.4. The fraction of sp³-hybridized carbons (Fsp3) is 0.520. The Morgan fingerprint density at radius 2 is 1.83 bits per heavy atom. The summed E-state index contributed by atoms with van der Waals surface area (Å²) in [5, 5.41) is 1.92. The number of ketones is 1. The van der Waals surface area contributed by atoms with Crippen LogP contribution in [0.3, 0.4) is 0 Å². The Morgan fingerprint density at radius 1 is 1.17 bits per heavy atom. The average molecular weight is 500 g/mol. The highest BCUT2D eigenvalue weighted by atomic mass is 16.5. The summed E-state index contributed by atoms with van der Waals surface area (Å²) in [6.07, 6.45) is 13.9. The molecule has 4 rings (SSSR count). The van der Waals surface area contributed by atoms with Gasteiger partial charge in [0.05, 0.1) is 24.2 Å². The minimum Gasteiger partial charge on any atom is -0.494 e. The van der Waals surface area contributed by atoms with E-state index >= 15 is 0 Å². The Morgan fingerprint density at radius 3 is 2.39 bits per heavy atom. The molecule has 11 nitrogen and oxygen atoms in total. The smallest absolute Gasteiger partial charge is 0.225 e. The molecule has 5 N–H and O–H groups in total. The molecule has 2 aliphatic rings. The Labute approximate surface area is 211 Å². The molecule has 1 saturated carbocycles. The van der Waals surface area contributed by atoms with Crippen LogP contribution in [0.2, 0.25) is 0 Å². The summed E-state index contributed by atoms with van der Waals surface area (Å²) in [4.78, 5) is 45.4. The molecular formula is C25H37N7O4. The summed E-state index contributed by atoms with van der Waals surface area (Å²) in [6.45, 7) is 4.31. The molecule has 0 bridgehead atoms. The zero-order valence-electron chi connectivity index (χ0n) is 21.1. The maximum atomic E-state index is 12.3. The van der Waals surface area contributed by atoms with E-state index in [0.717, 1.165) is 19.3 Å². The molecule has 3 heterocycles. The summed E-state index contributed by atoms with van der Waals surface area (Å²) < 4.78 is 5.23. The number of methoxy groups -OCH3 is 1. The van der Waals surface area contributed by atoms with E-state index < -0.39 is 0 Å². The third-order valence-electron chi connectivity index (χ3n) is 6.72. The van der Waals surface area contributed by atoms with Gasteiger partial charge in [0.25, 0.3) is 0 Å². The van der Waals surface area contributed by atoms with Gasteiger partial charge in [-0.05, 0) is 19.8 Å². The Balaban J connectivity index is 0.000000202. The van der Waals surface area contributed by atoms with Crippen molar-refractivity contribution in [3.63, 3.8) is 0 Å². The molecule has 0 unspecified atom stereocenters. The van der Waals surface area contributed by atoms with Crippen LogP contribution in [0.1, 0.15) is 55.8 Å². The van der Waals surface area contributed by atoms with Crippen molar-refractivity contribution in [3.8, 4) is 5.75 Å². The van der Waals surface area contributed by atoms with E-state index in [1.165, 1.54) is 63.3 Å². The molecule has 11 heteroatoms. The van der Waals surface area contributed by atoms with Crippen molar-refractivity contribution >= 4 is 34.8 Å². The minimum atomic E-state index is -0.0698. The van der Waals surface area contributed by atoms with Gasteiger partial charge in [0.2, 0.25) is 12.3 Å². The first-order valence-electron chi connectivity index (χ1n) is 12.4. The number of H-pyrrole nitrogens is 1. The molecule has 36 heavy (non-hydrogen) atoms. The number of hydrogen-bond donors (Lipinski definition) is 3. The van der Waals surface area contributed by atoms with E-state index in [4.69, 9.17) is 16.3 Å². The number of aromatic amines is 1. The van der Waals surface area contributed by atoms with Gasteiger partial charge in [-0.3, -0.25) is 19.4 Å². The lowest BCUT2D eigenvalue weighted by atomic mass is 9.98. The molecule has 196 valence electrons. The summed E-state index contributed by atoms with van der Waals surface area (Å²) in [7, 11) is 1.52. The standard InChI is InChI=1S/C13H22N2O2.C12H15N5O2/c16-11-14-7-9-15(10-8-14)13(17)12-5-3-1-2-4-6-12;1-7(18)8-5-15-11-10(8)9(19-2)6-16-12(11)17(14)4-3-13/h11-12H,1-10H2;3-6,15H,13-14H2,1-2H3/b;4-3-. The predicted molar refractivity (Wildman–Crippen MR) is 138 cm³/mol. The fourth-order valence-electron chi connectivity index (χ4n) is 4.73. The number of carbonyl (C=O) groups is 3. The molecule has 1 saturated heterocycles. The van der Waals surface area contributed by atoms with Crippen molar-refractivity contribution in [2.75, 3.05) is 38.3 Å². The van der Waals surface area contributed by atoms with E-state index in [0.29, 0.717) is 60.1 Å². The molecule has 1 aliphatic heterocycles. The highest BCUT2D eigenvalue weighted by Crippen LogP contribution is 2.33. The van der Waals surface area contributed by atoms with Crippen molar-refractivity contribution in [1.29, 1.82) is 0 Å². The number of rotatable bonds is 6. The number of nitrogens with zero attached hydrogens (tertiary/aromatic N) is 4. The van der Waals surface area contributed by atoms with Crippen LogP contribution in [0.5, 0.6) is 5.75 Å². The van der Waals surface area contributed by atoms with Gasteiger partial charge in [0, 0.05) is 56.3 Å². The van der Waals surface area contributed by atoms with Crippen LogP contribution in [0.25, 0.3) is 10.9 Å². The summed E-state index contributed by atoms with van der Waals surface area (Å²) in [5.41, 5.74) is 6.45. The summed E-state index contributed by atoms with van der Waals surface area (Å²) in [5.74, 6) is 7.28. The van der Waals surface area contributed by atoms with Gasteiger partial charge in [-0.1, -0.05) is 25.7 Å². The number of carbonyl (C=O) groups excluding carboxylic acids is 3. The topological polar surface area (TPSA) is 151 Å². The van der Waals surface area contributed by atoms with Crippen LogP contribution in [0.4, 0.5) is 5.82 Å². The van der Waals surface area contributed by atoms with Crippen molar-refractivity contribution < 1.29 is 19.1 Å². The zero-order valence-corrected chi connectivity index (χ0v) is 21.1. The highest BCUT2D eigenvalue weighted by Gasteiger charge is 2.27. The number of nitrogens with one attached hydrogen (secondary N) is 1. The molecule has 0 radical (unpaired) electrons. The number of ether oxygens (including phenoxy) is 1. The second-order valence-corrected chi connectivity index (χ2v) is 9.06. The lowest BCUT2D eigenvalue weighted by molar-refractivity contribution is -0.139. The number of Topliss-reactive ketones (excluding diaryl/α,β-unsaturated/α-hetero) is 1. The normalized spacial score (nSPS) is 16.9. The van der Waals surface area contributed by atoms with Crippen molar-refractivity contribution in [2.24, 2.45) is 17.5 Å². The second kappa shape index (κ2) is 12.9. The van der Waals surface area contributed by atoms with Gasteiger partial charge in [-0.25, -0.2) is 10.8 Å². The van der Waals surface area contributed by atoms with Gasteiger partial charge in [0.15, 0.2) is 11.6 Å². The van der Waals surface area contributed by atoms with Crippen molar-refractivity contribution in [2.45, 2.75) is 45.4 Å². The molecule has 2 fully saturated rings. The largest absolute Gasteiger partial charge is 0.494 e. The average Bonchev–Trinajstić information content (AvgIpc) is 3.17. The SMILES string of the molecule is COc1cnc(N(N)/C=C\N)c2[nH]cc(C(C)=O)c12.O=CN1CCN(C(=O)C2CCCCCC2)CC1. The molecule has 2 amide bonds. The number of hydrazine groups is 1. The van der Waals surface area contributed by atoms with E-state index in [1.54, 1.807) is 11.1 Å². The van der Waals surface area contributed by atoms with Crippen LogP contribution in [0.15, 0.2) is 24.8 Å². The van der Waals surface area contributed by atoms with Crippen LogP contribution in [0, 0.1) is 5.92 Å². The van der Waals surface area contributed by atoms with Gasteiger partial charge in [-0.2, -0.15) is 0 Å². The Bertz CT molecular complexity index is 1070. The quantitative estimate of drug-likeness (QED) is 0.180. The molecule has 2 aromatic heterocycles. The number of anilines is 1. The van der Waals surface area contributed by atoms with Gasteiger partial charge < -0.3 is 25.3 Å². The molecule has 0 spiro atoms. The van der Waals surface area contributed by atoms with Gasteiger partial charge in [-0.15, -0.1) is 0 Å². The van der Waals surface area contributed by atoms with E-state index in [-0.39, 0.29) is 11.7 Å². The highest BCUT2D eigenvalue weighted by molar-refractivity contribution is 6.11. The van der Waals surface area contributed by atoms with Crippen LogP contribution in [-0.4, -0.2) is 71.2 Å². The summed E-state index contributed by atoms with van der Waals surface area (Å²) >= 11 is 0. The van der Waals surface area contributed by atoms with Gasteiger partial charge >= 0.3 is 0 Å². The van der Waals surface area contributed by atoms with E-state index in [1.807, 2.05) is 4.90 Å². The van der Waals surface area contributed by atoms with Crippen LogP contribution in [-0.2, 0) is 9.59 Å². The lowest BCUT2D eigenvalue weighted by Crippen LogP contribution is -2.49. The monoisotopic (exact) mass is 499 g/mol. The van der Waals surface area contributed by atoms with E-state index in [9.17, 15) is 14.4 Å². The number of aromatic nitrogens is 2. The number of piperazine rings is 1. The molecule has 0 atom stereocenters. The van der Waals surface area contributed by atoms with E-state index in [2.05, 4.69) is 9.97 Å².